The first-order valence-electron chi connectivity index (χ1n) is 6.37. The fraction of sp³-hybridized carbons (Fsp3) is 0.571. The third-order valence-corrected chi connectivity index (χ3v) is 4.26. The second-order valence-electron chi connectivity index (χ2n) is 5.21. The van der Waals surface area contributed by atoms with Crippen molar-refractivity contribution in [3.05, 3.63) is 28.8 Å². The summed E-state index contributed by atoms with van der Waals surface area (Å²) in [5.41, 5.74) is 2.19. The van der Waals surface area contributed by atoms with Crippen LogP contribution in [0.3, 0.4) is 0 Å². The number of halogens is 1. The van der Waals surface area contributed by atoms with Gasteiger partial charge in [0.2, 0.25) is 0 Å². The van der Waals surface area contributed by atoms with Crippen LogP contribution in [0.2, 0.25) is 5.02 Å². The zero-order valence-corrected chi connectivity index (χ0v) is 12.0. The second-order valence-corrected chi connectivity index (χ2v) is 5.62. The van der Waals surface area contributed by atoms with E-state index in [4.69, 9.17) is 11.6 Å². The van der Waals surface area contributed by atoms with Gasteiger partial charge >= 0.3 is 0 Å². The van der Waals surface area contributed by atoms with Gasteiger partial charge in [0.05, 0.1) is 12.6 Å². The molecule has 0 radical (unpaired) electrons. The molecule has 0 saturated carbocycles. The molecule has 2 atom stereocenters. The summed E-state index contributed by atoms with van der Waals surface area (Å²) >= 11 is 6.19. The summed E-state index contributed by atoms with van der Waals surface area (Å²) in [6.07, 6.45) is 0. The standard InChI is InChI=1S/C14H21ClN2O/c1-10-4-5-12(6-14(10)15)17-7-11(2)16(3)8-13(17)9-18/h4-6,11,13,18H,7-9H2,1-3H3. The van der Waals surface area contributed by atoms with Gasteiger partial charge in [0, 0.05) is 29.8 Å². The maximum atomic E-state index is 9.55. The van der Waals surface area contributed by atoms with Crippen LogP contribution in [0.25, 0.3) is 0 Å². The molecule has 1 fully saturated rings. The topological polar surface area (TPSA) is 26.7 Å². The number of aryl methyl sites for hydroxylation is 1. The highest BCUT2D eigenvalue weighted by atomic mass is 35.5. The van der Waals surface area contributed by atoms with Crippen LogP contribution in [0.1, 0.15) is 12.5 Å². The van der Waals surface area contributed by atoms with E-state index in [0.717, 1.165) is 29.4 Å². The van der Waals surface area contributed by atoms with Gasteiger partial charge in [-0.3, -0.25) is 4.90 Å². The number of nitrogens with zero attached hydrogens (tertiary/aromatic N) is 2. The van der Waals surface area contributed by atoms with Gasteiger partial charge in [-0.15, -0.1) is 0 Å². The molecule has 0 spiro atoms. The Hall–Kier alpha value is -0.770. The van der Waals surface area contributed by atoms with Gasteiger partial charge in [-0.25, -0.2) is 0 Å². The molecule has 1 aliphatic rings. The van der Waals surface area contributed by atoms with Crippen LogP contribution < -0.4 is 4.90 Å². The molecule has 0 aliphatic carbocycles. The van der Waals surface area contributed by atoms with Gasteiger partial charge in [0.15, 0.2) is 0 Å². The van der Waals surface area contributed by atoms with Gasteiger partial charge in [-0.2, -0.15) is 0 Å². The average Bonchev–Trinajstić information content (AvgIpc) is 2.35. The van der Waals surface area contributed by atoms with Crippen molar-refractivity contribution in [3.8, 4) is 0 Å². The molecule has 3 nitrogen and oxygen atoms in total. The second kappa shape index (κ2) is 5.47. The summed E-state index contributed by atoms with van der Waals surface area (Å²) in [7, 11) is 2.10. The van der Waals surface area contributed by atoms with Crippen LogP contribution in [-0.4, -0.2) is 48.8 Å². The maximum Gasteiger partial charge on any atom is 0.0648 e. The van der Waals surface area contributed by atoms with Crippen molar-refractivity contribution in [2.75, 3.05) is 31.6 Å². The average molecular weight is 269 g/mol. The number of likely N-dealkylation sites (N-methyl/N-ethyl adjacent to an activating group) is 1. The molecule has 1 N–H and O–H groups in total. The van der Waals surface area contributed by atoms with E-state index < -0.39 is 0 Å². The predicted molar refractivity (Wildman–Crippen MR) is 76.5 cm³/mol. The number of hydrogen-bond donors (Lipinski definition) is 1. The minimum Gasteiger partial charge on any atom is -0.394 e. The first kappa shape index (κ1) is 13.7. The van der Waals surface area contributed by atoms with E-state index in [2.05, 4.69) is 29.8 Å². The third kappa shape index (κ3) is 2.63. The van der Waals surface area contributed by atoms with Crippen LogP contribution >= 0.6 is 11.6 Å². The SMILES string of the molecule is Cc1ccc(N2CC(C)N(C)CC2CO)cc1Cl. The van der Waals surface area contributed by atoms with E-state index in [-0.39, 0.29) is 12.6 Å². The zero-order valence-electron chi connectivity index (χ0n) is 11.2. The first-order valence-corrected chi connectivity index (χ1v) is 6.74. The molecular weight excluding hydrogens is 248 g/mol. The summed E-state index contributed by atoms with van der Waals surface area (Å²) in [5, 5.41) is 10.3. The first-order chi connectivity index (χ1) is 8.52. The van der Waals surface area contributed by atoms with E-state index in [1.807, 2.05) is 19.1 Å². The number of rotatable bonds is 2. The molecule has 18 heavy (non-hydrogen) atoms. The van der Waals surface area contributed by atoms with Gasteiger partial charge in [0.1, 0.15) is 0 Å². The highest BCUT2D eigenvalue weighted by Gasteiger charge is 2.29. The number of anilines is 1. The molecule has 1 aromatic rings. The van der Waals surface area contributed by atoms with Crippen LogP contribution in [0.5, 0.6) is 0 Å². The van der Waals surface area contributed by atoms with Crippen molar-refractivity contribution >= 4 is 17.3 Å². The normalized spacial score (nSPS) is 25.5. The van der Waals surface area contributed by atoms with Crippen molar-refractivity contribution in [1.29, 1.82) is 0 Å². The quantitative estimate of drug-likeness (QED) is 0.890. The Labute approximate surface area is 114 Å². The van der Waals surface area contributed by atoms with Crippen LogP contribution in [-0.2, 0) is 0 Å². The lowest BCUT2D eigenvalue weighted by molar-refractivity contribution is 0.155. The van der Waals surface area contributed by atoms with Gasteiger partial charge in [-0.1, -0.05) is 17.7 Å². The zero-order chi connectivity index (χ0) is 13.3. The minimum atomic E-state index is 0.143. The smallest absolute Gasteiger partial charge is 0.0648 e. The molecule has 1 aliphatic heterocycles. The summed E-state index contributed by atoms with van der Waals surface area (Å²) in [6, 6.07) is 6.74. The largest absolute Gasteiger partial charge is 0.394 e. The van der Waals surface area contributed by atoms with Crippen molar-refractivity contribution in [3.63, 3.8) is 0 Å². The Balaban J connectivity index is 2.26. The van der Waals surface area contributed by atoms with Crippen LogP contribution in [0, 0.1) is 6.92 Å². The molecule has 0 aromatic heterocycles. The predicted octanol–water partition coefficient (Wildman–Crippen LogP) is 2.15. The molecule has 2 rings (SSSR count). The Morgan fingerprint density at radius 3 is 2.72 bits per heavy atom. The molecule has 2 unspecified atom stereocenters. The van der Waals surface area contributed by atoms with Crippen LogP contribution in [0.4, 0.5) is 5.69 Å². The van der Waals surface area contributed by atoms with E-state index in [1.165, 1.54) is 0 Å². The molecule has 1 aromatic carbocycles. The van der Waals surface area contributed by atoms with E-state index in [1.54, 1.807) is 0 Å². The summed E-state index contributed by atoms with van der Waals surface area (Å²) in [4.78, 5) is 4.54. The highest BCUT2D eigenvalue weighted by molar-refractivity contribution is 6.31. The van der Waals surface area contributed by atoms with Gasteiger partial charge in [0.25, 0.3) is 0 Å². The van der Waals surface area contributed by atoms with Crippen molar-refractivity contribution < 1.29 is 5.11 Å². The Bertz CT molecular complexity index is 424. The van der Waals surface area contributed by atoms with E-state index in [9.17, 15) is 5.11 Å². The minimum absolute atomic E-state index is 0.143. The van der Waals surface area contributed by atoms with Crippen molar-refractivity contribution in [2.24, 2.45) is 0 Å². The summed E-state index contributed by atoms with van der Waals surface area (Å²) in [6.45, 7) is 6.17. The van der Waals surface area contributed by atoms with Crippen molar-refractivity contribution in [1.82, 2.24) is 4.90 Å². The Morgan fingerprint density at radius 1 is 1.39 bits per heavy atom. The number of aliphatic hydroxyl groups excluding tert-OH is 1. The fourth-order valence-electron chi connectivity index (χ4n) is 2.42. The lowest BCUT2D eigenvalue weighted by Crippen LogP contribution is -2.57. The maximum absolute atomic E-state index is 9.55. The number of aliphatic hydroxyl groups is 1. The number of hydrogen-bond acceptors (Lipinski definition) is 3. The number of piperazine rings is 1. The fourth-order valence-corrected chi connectivity index (χ4v) is 2.59. The summed E-state index contributed by atoms with van der Waals surface area (Å²) in [5.74, 6) is 0. The molecule has 0 amide bonds. The molecule has 4 heteroatoms. The lowest BCUT2D eigenvalue weighted by atomic mass is 10.1. The molecule has 0 bridgehead atoms. The lowest BCUT2D eigenvalue weighted by Gasteiger charge is -2.44. The third-order valence-electron chi connectivity index (χ3n) is 3.85. The highest BCUT2D eigenvalue weighted by Crippen LogP contribution is 2.27. The van der Waals surface area contributed by atoms with E-state index >= 15 is 0 Å². The monoisotopic (exact) mass is 268 g/mol. The molecule has 1 saturated heterocycles. The van der Waals surface area contributed by atoms with Gasteiger partial charge in [-0.05, 0) is 38.6 Å². The van der Waals surface area contributed by atoms with Crippen LogP contribution in [0.15, 0.2) is 18.2 Å². The van der Waals surface area contributed by atoms with E-state index in [0.29, 0.717) is 6.04 Å². The van der Waals surface area contributed by atoms with Gasteiger partial charge < -0.3 is 10.0 Å². The Morgan fingerprint density at radius 2 is 2.11 bits per heavy atom. The summed E-state index contributed by atoms with van der Waals surface area (Å²) < 4.78 is 0. The number of benzene rings is 1. The molecular formula is C14H21ClN2O. The Kier molecular flexibility index (Phi) is 4.15. The van der Waals surface area contributed by atoms with Crippen molar-refractivity contribution in [2.45, 2.75) is 25.9 Å². The molecule has 1 heterocycles. The molecule has 100 valence electrons.